The largest absolute Gasteiger partial charge is 0.479 e. The number of hydrogen-bond donors (Lipinski definition) is 3. The second-order valence-corrected chi connectivity index (χ2v) is 21.4. The van der Waals surface area contributed by atoms with Gasteiger partial charge in [-0.2, -0.15) is 0 Å². The summed E-state index contributed by atoms with van der Waals surface area (Å²) in [6.07, 6.45) is 43.2. The Balaban J connectivity index is 2.66. The number of carbonyl (C=O) groups excluding carboxylic acids is 3. The Labute approximate surface area is 446 Å². The first-order chi connectivity index (χ1) is 35.6. The van der Waals surface area contributed by atoms with Crippen LogP contribution in [-0.4, -0.2) is 89.2 Å². The average Bonchev–Trinajstić information content (AvgIpc) is 3.37. The van der Waals surface area contributed by atoms with E-state index in [-0.39, 0.29) is 25.9 Å². The predicted octanol–water partition coefficient (Wildman–Crippen LogP) is 15.7. The fraction of sp³-hybridized carbons (Fsp3) is 0.902. The summed E-state index contributed by atoms with van der Waals surface area (Å²) in [6, 6.07) is 0. The average molecular weight is 1040 g/mol. The molecule has 1 heterocycles. The molecule has 0 aromatic carbocycles. The number of hydrogen-bond acceptors (Lipinski definition) is 11. The van der Waals surface area contributed by atoms with Crippen molar-refractivity contribution in [1.82, 2.24) is 0 Å². The van der Waals surface area contributed by atoms with Crippen LogP contribution in [0.5, 0.6) is 0 Å². The van der Waals surface area contributed by atoms with Crippen molar-refractivity contribution >= 4 is 23.9 Å². The van der Waals surface area contributed by atoms with Gasteiger partial charge in [0.15, 0.2) is 24.6 Å². The number of unbranched alkanes of at least 4 members (excludes halogenated alkanes) is 37. The van der Waals surface area contributed by atoms with E-state index < -0.39 is 67.3 Å². The number of esters is 3. The zero-order chi connectivity index (χ0) is 53.3. The van der Waals surface area contributed by atoms with Crippen molar-refractivity contribution in [1.29, 1.82) is 0 Å². The maximum absolute atomic E-state index is 13.1. The lowest BCUT2D eigenvalue weighted by atomic mass is 9.98. The van der Waals surface area contributed by atoms with Crippen LogP contribution in [0.3, 0.4) is 0 Å². The molecule has 1 aliphatic rings. The van der Waals surface area contributed by atoms with Gasteiger partial charge in [-0.1, -0.05) is 251 Å². The van der Waals surface area contributed by atoms with Crippen LogP contribution in [-0.2, 0) is 42.9 Å². The highest BCUT2D eigenvalue weighted by Gasteiger charge is 2.50. The van der Waals surface area contributed by atoms with Gasteiger partial charge in [0.2, 0.25) is 0 Å². The van der Waals surface area contributed by atoms with Crippen LogP contribution in [0.2, 0.25) is 0 Å². The number of aliphatic hydroxyl groups is 2. The second-order valence-electron chi connectivity index (χ2n) is 21.4. The number of aliphatic carboxylic acids is 1. The highest BCUT2D eigenvalue weighted by molar-refractivity contribution is 5.74. The van der Waals surface area contributed by atoms with E-state index in [2.05, 4.69) is 32.9 Å². The lowest BCUT2D eigenvalue weighted by Crippen LogP contribution is -2.61. The van der Waals surface area contributed by atoms with Crippen molar-refractivity contribution in [2.45, 2.75) is 340 Å². The molecule has 73 heavy (non-hydrogen) atoms. The number of aliphatic hydroxyl groups excluding tert-OH is 2. The van der Waals surface area contributed by atoms with Gasteiger partial charge >= 0.3 is 23.9 Å². The molecule has 428 valence electrons. The van der Waals surface area contributed by atoms with Crippen LogP contribution in [0.1, 0.15) is 303 Å². The predicted molar refractivity (Wildman–Crippen MR) is 294 cm³/mol. The molecule has 0 amide bonds. The minimum absolute atomic E-state index is 0.0619. The number of carbonyl (C=O) groups is 4. The molecule has 1 rings (SSSR count). The third-order valence-electron chi connectivity index (χ3n) is 14.3. The number of ether oxygens (including phenoxy) is 5. The Bertz CT molecular complexity index is 1320. The molecule has 6 unspecified atom stereocenters. The molecule has 0 spiro atoms. The van der Waals surface area contributed by atoms with Gasteiger partial charge in [0.05, 0.1) is 6.61 Å². The molecular formula is C61H112O12. The third kappa shape index (κ3) is 40.4. The number of allylic oxidation sites excluding steroid dienone is 2. The smallest absolute Gasteiger partial charge is 0.335 e. The van der Waals surface area contributed by atoms with Gasteiger partial charge in [0.1, 0.15) is 18.8 Å². The molecule has 0 radical (unpaired) electrons. The summed E-state index contributed by atoms with van der Waals surface area (Å²) in [5, 5.41) is 31.5. The molecule has 3 N–H and O–H groups in total. The highest BCUT2D eigenvalue weighted by Crippen LogP contribution is 2.27. The first-order valence-corrected chi connectivity index (χ1v) is 30.7. The fourth-order valence-corrected chi connectivity index (χ4v) is 9.60. The molecule has 0 aromatic heterocycles. The first kappa shape index (κ1) is 68.5. The Kier molecular flexibility index (Phi) is 47.2. The van der Waals surface area contributed by atoms with E-state index in [1.807, 2.05) is 0 Å². The SMILES string of the molecule is CCCCCCCC/C=C\CCCCCCCCCC(=O)OC1C(OCC(COC(=O)CCCCCCCCCCCCCCC)OC(=O)CCCCCCCCCCCCCCC)OC(C(=O)O)C(O)C1O. The summed E-state index contributed by atoms with van der Waals surface area (Å²) >= 11 is 0. The van der Waals surface area contributed by atoms with Gasteiger partial charge in [-0.05, 0) is 44.9 Å². The standard InChI is InChI=1S/C61H112O12/c1-4-7-10-13-16-19-22-25-26-27-28-31-34-37-40-43-46-49-55(64)72-59-57(66)56(65)58(60(67)68)73-61(59)70-51-52(71-54(63)48-45-42-39-36-33-30-24-21-18-15-12-9-6-3)50-69-53(62)47-44-41-38-35-32-29-23-20-17-14-11-8-5-2/h25-26,52,56-59,61,65-66H,4-24,27-51H2,1-3H3,(H,67,68)/b26-25-. The van der Waals surface area contributed by atoms with Crippen molar-refractivity contribution in [3.05, 3.63) is 12.2 Å². The second kappa shape index (κ2) is 50.3. The van der Waals surface area contributed by atoms with Crippen LogP contribution in [0.15, 0.2) is 12.2 Å². The van der Waals surface area contributed by atoms with Gasteiger partial charge in [0.25, 0.3) is 0 Å². The zero-order valence-corrected chi connectivity index (χ0v) is 47.2. The summed E-state index contributed by atoms with van der Waals surface area (Å²) < 4.78 is 28.5. The number of rotatable bonds is 53. The minimum Gasteiger partial charge on any atom is -0.479 e. The Hall–Kier alpha value is -2.54. The van der Waals surface area contributed by atoms with Gasteiger partial charge in [0, 0.05) is 19.3 Å². The molecule has 1 saturated heterocycles. The summed E-state index contributed by atoms with van der Waals surface area (Å²) in [4.78, 5) is 51.1. The van der Waals surface area contributed by atoms with Crippen LogP contribution in [0.4, 0.5) is 0 Å². The van der Waals surface area contributed by atoms with E-state index in [0.717, 1.165) is 70.6 Å². The number of carboxylic acid groups (broad SMARTS) is 1. The summed E-state index contributed by atoms with van der Waals surface area (Å²) in [7, 11) is 0. The molecule has 1 fully saturated rings. The van der Waals surface area contributed by atoms with Crippen molar-refractivity contribution in [2.24, 2.45) is 0 Å². The molecule has 0 aromatic rings. The molecule has 0 bridgehead atoms. The first-order valence-electron chi connectivity index (χ1n) is 30.7. The summed E-state index contributed by atoms with van der Waals surface area (Å²) in [5.74, 6) is -3.08. The Morgan fingerprint density at radius 2 is 0.781 bits per heavy atom. The van der Waals surface area contributed by atoms with Crippen LogP contribution in [0.25, 0.3) is 0 Å². The van der Waals surface area contributed by atoms with Crippen molar-refractivity contribution in [2.75, 3.05) is 13.2 Å². The third-order valence-corrected chi connectivity index (χ3v) is 14.3. The number of carboxylic acids is 1. The highest BCUT2D eigenvalue weighted by atomic mass is 16.7. The topological polar surface area (TPSA) is 175 Å². The molecule has 0 saturated carbocycles. The summed E-state index contributed by atoms with van der Waals surface area (Å²) in [5.41, 5.74) is 0. The van der Waals surface area contributed by atoms with E-state index in [0.29, 0.717) is 19.3 Å². The molecule has 6 atom stereocenters. The van der Waals surface area contributed by atoms with Crippen LogP contribution >= 0.6 is 0 Å². The van der Waals surface area contributed by atoms with Gasteiger partial charge in [-0.25, -0.2) is 4.79 Å². The maximum Gasteiger partial charge on any atom is 0.335 e. The molecule has 1 aliphatic heterocycles. The van der Waals surface area contributed by atoms with Gasteiger partial charge in [-0.15, -0.1) is 0 Å². The zero-order valence-electron chi connectivity index (χ0n) is 47.2. The molecule has 12 nitrogen and oxygen atoms in total. The quantitative estimate of drug-likeness (QED) is 0.0228. The normalized spacial score (nSPS) is 18.3. The van der Waals surface area contributed by atoms with Gasteiger partial charge < -0.3 is 39.0 Å². The monoisotopic (exact) mass is 1040 g/mol. The van der Waals surface area contributed by atoms with E-state index >= 15 is 0 Å². The lowest BCUT2D eigenvalue weighted by Gasteiger charge is -2.40. The van der Waals surface area contributed by atoms with Crippen molar-refractivity contribution < 1.29 is 58.2 Å². The van der Waals surface area contributed by atoms with Crippen molar-refractivity contribution in [3.63, 3.8) is 0 Å². The van der Waals surface area contributed by atoms with Crippen molar-refractivity contribution in [3.8, 4) is 0 Å². The van der Waals surface area contributed by atoms with Crippen LogP contribution in [0, 0.1) is 0 Å². The van der Waals surface area contributed by atoms with E-state index in [4.69, 9.17) is 23.7 Å². The lowest BCUT2D eigenvalue weighted by molar-refractivity contribution is -0.301. The summed E-state index contributed by atoms with van der Waals surface area (Å²) in [6.45, 7) is 6.02. The minimum atomic E-state index is -1.90. The maximum atomic E-state index is 13.1. The Morgan fingerprint density at radius 1 is 0.438 bits per heavy atom. The van der Waals surface area contributed by atoms with E-state index in [1.165, 1.54) is 173 Å². The van der Waals surface area contributed by atoms with E-state index in [1.54, 1.807) is 0 Å². The van der Waals surface area contributed by atoms with Gasteiger partial charge in [-0.3, -0.25) is 14.4 Å². The Morgan fingerprint density at radius 3 is 1.16 bits per heavy atom. The van der Waals surface area contributed by atoms with Crippen LogP contribution < -0.4 is 0 Å². The molecule has 0 aliphatic carbocycles. The molecule has 12 heteroatoms. The molecular weight excluding hydrogens is 925 g/mol. The fourth-order valence-electron chi connectivity index (χ4n) is 9.60. The van der Waals surface area contributed by atoms with E-state index in [9.17, 15) is 34.5 Å².